The van der Waals surface area contributed by atoms with Crippen LogP contribution in [0.4, 0.5) is 11.5 Å². The topological polar surface area (TPSA) is 100 Å². The highest BCUT2D eigenvalue weighted by atomic mass is 16.6. The molecule has 0 fully saturated rings. The van der Waals surface area contributed by atoms with Crippen molar-refractivity contribution in [2.75, 3.05) is 11.9 Å². The quantitative estimate of drug-likeness (QED) is 0.592. The predicted octanol–water partition coefficient (Wildman–Crippen LogP) is 1.82. The number of carbonyl (C=O) groups is 1. The zero-order chi connectivity index (χ0) is 14.8. The van der Waals surface area contributed by atoms with Crippen molar-refractivity contribution in [3.05, 3.63) is 57.3 Å². The van der Waals surface area contributed by atoms with E-state index in [1.165, 1.54) is 17.7 Å². The van der Waals surface area contributed by atoms with Gasteiger partial charge in [-0.3, -0.25) is 4.79 Å². The van der Waals surface area contributed by atoms with E-state index in [1.54, 1.807) is 0 Å². The van der Waals surface area contributed by atoms with Crippen LogP contribution in [0, 0.1) is 10.1 Å². The minimum absolute atomic E-state index is 0.164. The number of aromatic nitrogens is 1. The van der Waals surface area contributed by atoms with Crippen molar-refractivity contribution in [3.63, 3.8) is 0 Å². The van der Waals surface area contributed by atoms with Gasteiger partial charge in [-0.15, -0.1) is 0 Å². The number of anilines is 1. The fraction of sp³-hybridized carbons (Fsp3) is 0.214. The number of nitrogens with one attached hydrogen (secondary N) is 3. The summed E-state index contributed by atoms with van der Waals surface area (Å²) in [6.07, 6.45) is 0.979. The zero-order valence-corrected chi connectivity index (χ0v) is 11.2. The van der Waals surface area contributed by atoms with Gasteiger partial charge < -0.3 is 20.7 Å². The number of aromatic amines is 1. The molecule has 3 rings (SSSR count). The summed E-state index contributed by atoms with van der Waals surface area (Å²) >= 11 is 0. The van der Waals surface area contributed by atoms with Gasteiger partial charge in [-0.25, -0.2) is 4.98 Å². The van der Waals surface area contributed by atoms with E-state index >= 15 is 0 Å². The molecule has 0 radical (unpaired) electrons. The third-order valence-corrected chi connectivity index (χ3v) is 3.46. The Morgan fingerprint density at radius 3 is 2.86 bits per heavy atom. The molecule has 21 heavy (non-hydrogen) atoms. The Hall–Kier alpha value is -2.67. The van der Waals surface area contributed by atoms with Gasteiger partial charge >= 0.3 is 5.82 Å². The predicted molar refractivity (Wildman–Crippen MR) is 77.3 cm³/mol. The molecule has 2 heterocycles. The molecule has 0 spiro atoms. The zero-order valence-electron chi connectivity index (χ0n) is 11.2. The van der Waals surface area contributed by atoms with Gasteiger partial charge in [0.15, 0.2) is 5.69 Å². The first kappa shape index (κ1) is 13.3. The second-order valence-electron chi connectivity index (χ2n) is 4.88. The lowest BCUT2D eigenvalue weighted by Crippen LogP contribution is -2.23. The SMILES string of the molecule is O=C(Nc1ccc2c(c1)CNCC2)c1ccc([N+](=O)[O-])[nH]1. The highest BCUT2D eigenvalue weighted by Gasteiger charge is 2.16. The number of benzene rings is 1. The summed E-state index contributed by atoms with van der Waals surface area (Å²) in [6.45, 7) is 1.75. The molecule has 7 heteroatoms. The molecule has 0 atom stereocenters. The van der Waals surface area contributed by atoms with E-state index < -0.39 is 10.8 Å². The van der Waals surface area contributed by atoms with Crippen molar-refractivity contribution in [3.8, 4) is 0 Å². The summed E-state index contributed by atoms with van der Waals surface area (Å²) in [6, 6.07) is 8.44. The highest BCUT2D eigenvalue weighted by molar-refractivity contribution is 6.03. The van der Waals surface area contributed by atoms with Gasteiger partial charge in [-0.2, -0.15) is 0 Å². The molecule has 0 unspecified atom stereocenters. The number of hydrogen-bond donors (Lipinski definition) is 3. The molecular formula is C14H14N4O3. The van der Waals surface area contributed by atoms with Crippen LogP contribution < -0.4 is 10.6 Å². The van der Waals surface area contributed by atoms with Gasteiger partial charge in [-0.05, 0) is 47.2 Å². The normalized spacial score (nSPS) is 13.5. The van der Waals surface area contributed by atoms with Gasteiger partial charge in [0.1, 0.15) is 0 Å². The monoisotopic (exact) mass is 286 g/mol. The van der Waals surface area contributed by atoms with E-state index in [0.717, 1.165) is 25.1 Å². The maximum absolute atomic E-state index is 12.0. The van der Waals surface area contributed by atoms with Crippen LogP contribution in [0.5, 0.6) is 0 Å². The van der Waals surface area contributed by atoms with E-state index in [2.05, 4.69) is 15.6 Å². The van der Waals surface area contributed by atoms with Crippen molar-refractivity contribution in [1.82, 2.24) is 10.3 Å². The Kier molecular flexibility index (Phi) is 3.41. The second kappa shape index (κ2) is 5.37. The van der Waals surface area contributed by atoms with Gasteiger partial charge in [0.2, 0.25) is 0 Å². The third-order valence-electron chi connectivity index (χ3n) is 3.46. The minimum Gasteiger partial charge on any atom is -0.358 e. The van der Waals surface area contributed by atoms with E-state index in [9.17, 15) is 14.9 Å². The van der Waals surface area contributed by atoms with Crippen molar-refractivity contribution >= 4 is 17.4 Å². The first-order valence-corrected chi connectivity index (χ1v) is 6.61. The largest absolute Gasteiger partial charge is 0.358 e. The van der Waals surface area contributed by atoms with E-state index in [0.29, 0.717) is 5.69 Å². The number of H-pyrrole nitrogens is 1. The van der Waals surface area contributed by atoms with Gasteiger partial charge in [0.25, 0.3) is 5.91 Å². The molecule has 3 N–H and O–H groups in total. The Balaban J connectivity index is 1.76. The molecule has 2 aromatic rings. The molecule has 0 saturated carbocycles. The van der Waals surface area contributed by atoms with E-state index in [-0.39, 0.29) is 11.5 Å². The summed E-state index contributed by atoms with van der Waals surface area (Å²) in [5, 5.41) is 16.6. The molecule has 1 aromatic carbocycles. The first-order chi connectivity index (χ1) is 10.1. The van der Waals surface area contributed by atoms with Gasteiger partial charge in [0.05, 0.1) is 0 Å². The van der Waals surface area contributed by atoms with E-state index in [4.69, 9.17) is 0 Å². The molecule has 7 nitrogen and oxygen atoms in total. The van der Waals surface area contributed by atoms with Crippen LogP contribution in [0.2, 0.25) is 0 Å². The average Bonchev–Trinajstić information content (AvgIpc) is 2.97. The van der Waals surface area contributed by atoms with Crippen LogP contribution in [0.1, 0.15) is 21.6 Å². The molecule has 1 aromatic heterocycles. The van der Waals surface area contributed by atoms with Crippen LogP contribution >= 0.6 is 0 Å². The Labute approximate surface area is 120 Å². The van der Waals surface area contributed by atoms with Crippen LogP contribution in [0.15, 0.2) is 30.3 Å². The summed E-state index contributed by atoms with van der Waals surface area (Å²) in [7, 11) is 0. The molecular weight excluding hydrogens is 272 g/mol. The standard InChI is InChI=1S/C14H14N4O3/c19-14(12-3-4-13(17-12)18(20)21)16-11-2-1-9-5-6-15-8-10(9)7-11/h1-4,7,15,17H,5-6,8H2,(H,16,19). The smallest absolute Gasteiger partial charge is 0.321 e. The summed E-state index contributed by atoms with van der Waals surface area (Å²) < 4.78 is 0. The first-order valence-electron chi connectivity index (χ1n) is 6.61. The van der Waals surface area contributed by atoms with Crippen molar-refractivity contribution in [1.29, 1.82) is 0 Å². The molecule has 1 aliphatic rings. The average molecular weight is 286 g/mol. The van der Waals surface area contributed by atoms with Gasteiger partial charge in [-0.1, -0.05) is 6.07 Å². The minimum atomic E-state index is -0.568. The molecule has 1 aliphatic heterocycles. The summed E-state index contributed by atoms with van der Waals surface area (Å²) in [5.74, 6) is -0.596. The van der Waals surface area contributed by atoms with Crippen LogP contribution in [-0.4, -0.2) is 22.4 Å². The fourth-order valence-corrected chi connectivity index (χ4v) is 2.38. The lowest BCUT2D eigenvalue weighted by Gasteiger charge is -2.17. The number of nitrogens with zero attached hydrogens (tertiary/aromatic N) is 1. The van der Waals surface area contributed by atoms with Crippen LogP contribution in [0.3, 0.4) is 0 Å². The maximum atomic E-state index is 12.0. The Bertz CT molecular complexity index is 708. The fourth-order valence-electron chi connectivity index (χ4n) is 2.38. The lowest BCUT2D eigenvalue weighted by atomic mass is 10.0. The summed E-state index contributed by atoms with van der Waals surface area (Å²) in [4.78, 5) is 24.5. The summed E-state index contributed by atoms with van der Waals surface area (Å²) in [5.41, 5.74) is 3.29. The third kappa shape index (κ3) is 2.77. The Morgan fingerprint density at radius 2 is 2.10 bits per heavy atom. The number of carbonyl (C=O) groups excluding carboxylic acids is 1. The van der Waals surface area contributed by atoms with Crippen LogP contribution in [0.25, 0.3) is 0 Å². The number of hydrogen-bond acceptors (Lipinski definition) is 4. The number of amides is 1. The molecule has 108 valence electrons. The highest BCUT2D eigenvalue weighted by Crippen LogP contribution is 2.20. The molecule has 0 bridgehead atoms. The van der Waals surface area contributed by atoms with E-state index in [1.807, 2.05) is 18.2 Å². The number of rotatable bonds is 3. The maximum Gasteiger partial charge on any atom is 0.321 e. The molecule has 0 aliphatic carbocycles. The number of nitro groups is 1. The number of fused-ring (bicyclic) bond motifs is 1. The van der Waals surface area contributed by atoms with Crippen LogP contribution in [-0.2, 0) is 13.0 Å². The van der Waals surface area contributed by atoms with Gasteiger partial charge in [0, 0.05) is 18.3 Å². The van der Waals surface area contributed by atoms with Crippen molar-refractivity contribution < 1.29 is 9.72 Å². The molecule has 0 saturated heterocycles. The van der Waals surface area contributed by atoms with Crippen molar-refractivity contribution in [2.45, 2.75) is 13.0 Å². The Morgan fingerprint density at radius 1 is 1.24 bits per heavy atom. The van der Waals surface area contributed by atoms with Crippen molar-refractivity contribution in [2.24, 2.45) is 0 Å². The lowest BCUT2D eigenvalue weighted by molar-refractivity contribution is -0.389. The second-order valence-corrected chi connectivity index (χ2v) is 4.88. The molecule has 1 amide bonds.